The molecule has 1 aliphatic heterocycles. The number of benzene rings is 2. The van der Waals surface area contributed by atoms with Gasteiger partial charge in [0.2, 0.25) is 0 Å². The number of aromatic amines is 1. The van der Waals surface area contributed by atoms with E-state index in [2.05, 4.69) is 10.3 Å². The van der Waals surface area contributed by atoms with E-state index in [1.165, 1.54) is 12.1 Å². The summed E-state index contributed by atoms with van der Waals surface area (Å²) in [6, 6.07) is 10.4. The van der Waals surface area contributed by atoms with Crippen LogP contribution in [-0.2, 0) is 20.7 Å². The van der Waals surface area contributed by atoms with Crippen LogP contribution < -0.4 is 10.1 Å². The third-order valence-corrected chi connectivity index (χ3v) is 5.15. The highest BCUT2D eigenvalue weighted by Crippen LogP contribution is 2.29. The van der Waals surface area contributed by atoms with Gasteiger partial charge in [-0.05, 0) is 55.5 Å². The largest absolute Gasteiger partial charge is 0.488 e. The van der Waals surface area contributed by atoms with Crippen molar-refractivity contribution in [1.82, 2.24) is 10.3 Å². The van der Waals surface area contributed by atoms with E-state index in [-0.39, 0.29) is 25.5 Å². The number of H-pyrrole nitrogens is 1. The maximum absolute atomic E-state index is 13.5. The van der Waals surface area contributed by atoms with Gasteiger partial charge in [-0.1, -0.05) is 11.6 Å². The molecule has 3 aromatic rings. The van der Waals surface area contributed by atoms with Crippen LogP contribution in [0.1, 0.15) is 18.2 Å². The number of halogens is 2. The van der Waals surface area contributed by atoms with E-state index in [0.29, 0.717) is 33.0 Å². The summed E-state index contributed by atoms with van der Waals surface area (Å²) < 4.78 is 24.2. The minimum Gasteiger partial charge on any atom is -0.488 e. The average Bonchev–Trinajstić information content (AvgIpc) is 3.14. The van der Waals surface area contributed by atoms with Crippen LogP contribution in [0.15, 0.2) is 48.0 Å². The number of aromatic nitrogens is 1. The molecule has 6 nitrogen and oxygen atoms in total. The summed E-state index contributed by atoms with van der Waals surface area (Å²) >= 11 is 6.02. The summed E-state index contributed by atoms with van der Waals surface area (Å²) in [5.41, 5.74) is 2.46. The van der Waals surface area contributed by atoms with Crippen molar-refractivity contribution >= 4 is 40.5 Å². The standard InChI is InChI=1S/C23H20ClFN2O4/c1-2-30-23(29)20(11-18-10-13-9-17(25)4-5-19(13)26-18)27-22(28)15-7-14-8-16(24)3-6-21(14)31-12-15/h3-10,20,26H,2,11-12H2,1H3,(H,27,28)/t20-/m1/s1. The number of esters is 1. The Morgan fingerprint density at radius 3 is 2.90 bits per heavy atom. The van der Waals surface area contributed by atoms with Crippen molar-refractivity contribution in [3.63, 3.8) is 0 Å². The molecule has 31 heavy (non-hydrogen) atoms. The lowest BCUT2D eigenvalue weighted by Crippen LogP contribution is -2.44. The molecule has 160 valence electrons. The molecule has 1 aliphatic rings. The Bertz CT molecular complexity index is 1190. The van der Waals surface area contributed by atoms with Crippen LogP contribution in [0.5, 0.6) is 5.75 Å². The lowest BCUT2D eigenvalue weighted by Gasteiger charge is -2.21. The van der Waals surface area contributed by atoms with Crippen molar-refractivity contribution in [2.24, 2.45) is 0 Å². The molecule has 1 atom stereocenters. The number of nitrogens with one attached hydrogen (secondary N) is 2. The van der Waals surface area contributed by atoms with Crippen LogP contribution in [0, 0.1) is 5.82 Å². The third-order valence-electron chi connectivity index (χ3n) is 4.92. The van der Waals surface area contributed by atoms with E-state index < -0.39 is 17.9 Å². The van der Waals surface area contributed by atoms with Gasteiger partial charge in [0.15, 0.2) is 0 Å². The summed E-state index contributed by atoms with van der Waals surface area (Å²) in [6.45, 7) is 1.95. The quantitative estimate of drug-likeness (QED) is 0.565. The molecule has 0 unspecified atom stereocenters. The zero-order valence-corrected chi connectivity index (χ0v) is 17.5. The average molecular weight is 443 g/mol. The van der Waals surface area contributed by atoms with Crippen LogP contribution in [-0.4, -0.2) is 36.1 Å². The van der Waals surface area contributed by atoms with Gasteiger partial charge in [-0.3, -0.25) is 4.79 Å². The summed E-state index contributed by atoms with van der Waals surface area (Å²) in [6.07, 6.45) is 1.85. The Hall–Kier alpha value is -3.32. The maximum Gasteiger partial charge on any atom is 0.329 e. The zero-order valence-electron chi connectivity index (χ0n) is 16.7. The van der Waals surface area contributed by atoms with Crippen molar-refractivity contribution in [3.8, 4) is 5.75 Å². The molecule has 2 heterocycles. The second kappa shape index (κ2) is 8.81. The Morgan fingerprint density at radius 2 is 2.10 bits per heavy atom. The SMILES string of the molecule is CCOC(=O)[C@@H](Cc1cc2cc(F)ccc2[nH]1)NC(=O)C1=Cc2cc(Cl)ccc2OC1. The molecular weight excluding hydrogens is 423 g/mol. The first-order valence-electron chi connectivity index (χ1n) is 9.80. The van der Waals surface area contributed by atoms with E-state index in [4.69, 9.17) is 21.1 Å². The van der Waals surface area contributed by atoms with E-state index in [1.807, 2.05) is 0 Å². The van der Waals surface area contributed by atoms with E-state index in [1.54, 1.807) is 43.3 Å². The van der Waals surface area contributed by atoms with Gasteiger partial charge in [0.1, 0.15) is 24.2 Å². The molecule has 1 aromatic heterocycles. The fraction of sp³-hybridized carbons (Fsp3) is 0.217. The highest BCUT2D eigenvalue weighted by atomic mass is 35.5. The molecule has 0 spiro atoms. The van der Waals surface area contributed by atoms with Crippen LogP contribution in [0.4, 0.5) is 4.39 Å². The lowest BCUT2D eigenvalue weighted by molar-refractivity contribution is -0.147. The number of fused-ring (bicyclic) bond motifs is 2. The van der Waals surface area contributed by atoms with Crippen LogP contribution in [0.3, 0.4) is 0 Å². The predicted molar refractivity (Wildman–Crippen MR) is 115 cm³/mol. The number of hydrogen-bond acceptors (Lipinski definition) is 4. The number of amides is 1. The Kier molecular flexibility index (Phi) is 5.95. The monoisotopic (exact) mass is 442 g/mol. The van der Waals surface area contributed by atoms with Crippen molar-refractivity contribution in [2.75, 3.05) is 13.2 Å². The summed E-state index contributed by atoms with van der Waals surface area (Å²) in [7, 11) is 0. The van der Waals surface area contributed by atoms with Crippen molar-refractivity contribution < 1.29 is 23.5 Å². The molecule has 4 rings (SSSR count). The first kappa shape index (κ1) is 20.9. The number of carbonyl (C=O) groups excluding carboxylic acids is 2. The predicted octanol–water partition coefficient (Wildman–Crippen LogP) is 4.03. The van der Waals surface area contributed by atoms with Crippen molar-refractivity contribution in [1.29, 1.82) is 0 Å². The molecule has 0 saturated heterocycles. The van der Waals surface area contributed by atoms with Crippen LogP contribution in [0.2, 0.25) is 5.02 Å². The molecule has 1 amide bonds. The molecule has 2 N–H and O–H groups in total. The molecule has 0 bridgehead atoms. The first-order chi connectivity index (χ1) is 14.9. The Labute approximate surface area is 183 Å². The normalized spacial score (nSPS) is 13.7. The molecule has 0 fully saturated rings. The molecular formula is C23H20ClFN2O4. The number of rotatable bonds is 6. The molecule has 0 aliphatic carbocycles. The Balaban J connectivity index is 1.55. The minimum absolute atomic E-state index is 0.0711. The van der Waals surface area contributed by atoms with Crippen LogP contribution in [0.25, 0.3) is 17.0 Å². The summed E-state index contributed by atoms with van der Waals surface area (Å²) in [5, 5.41) is 3.94. The second-order valence-electron chi connectivity index (χ2n) is 7.15. The molecule has 0 radical (unpaired) electrons. The highest BCUT2D eigenvalue weighted by Gasteiger charge is 2.26. The lowest BCUT2D eigenvalue weighted by atomic mass is 10.1. The minimum atomic E-state index is -0.924. The highest BCUT2D eigenvalue weighted by molar-refractivity contribution is 6.30. The number of hydrogen-bond donors (Lipinski definition) is 2. The fourth-order valence-corrected chi connectivity index (χ4v) is 3.64. The molecule has 8 heteroatoms. The topological polar surface area (TPSA) is 80.4 Å². The smallest absolute Gasteiger partial charge is 0.329 e. The first-order valence-corrected chi connectivity index (χ1v) is 10.2. The third kappa shape index (κ3) is 4.72. The van der Waals surface area contributed by atoms with Crippen molar-refractivity contribution in [3.05, 3.63) is 70.1 Å². The van der Waals surface area contributed by atoms with Gasteiger partial charge in [-0.2, -0.15) is 0 Å². The summed E-state index contributed by atoms with van der Waals surface area (Å²) in [5.74, 6) is -0.710. The van der Waals surface area contributed by atoms with Gasteiger partial charge < -0.3 is 19.8 Å². The van der Waals surface area contributed by atoms with Gasteiger partial charge in [-0.15, -0.1) is 0 Å². The molecule has 0 saturated carbocycles. The van der Waals surface area contributed by atoms with Gasteiger partial charge in [0.05, 0.1) is 12.2 Å². The van der Waals surface area contributed by atoms with Gasteiger partial charge in [0, 0.05) is 33.6 Å². The van der Waals surface area contributed by atoms with E-state index in [0.717, 1.165) is 5.52 Å². The Morgan fingerprint density at radius 1 is 1.26 bits per heavy atom. The van der Waals surface area contributed by atoms with E-state index in [9.17, 15) is 14.0 Å². The maximum atomic E-state index is 13.5. The fourth-order valence-electron chi connectivity index (χ4n) is 3.46. The number of carbonyl (C=O) groups is 2. The van der Waals surface area contributed by atoms with Crippen LogP contribution >= 0.6 is 11.6 Å². The second-order valence-corrected chi connectivity index (χ2v) is 7.59. The van der Waals surface area contributed by atoms with Gasteiger partial charge >= 0.3 is 5.97 Å². The number of ether oxygens (including phenoxy) is 2. The summed E-state index contributed by atoms with van der Waals surface area (Å²) in [4.78, 5) is 28.5. The molecule has 2 aromatic carbocycles. The van der Waals surface area contributed by atoms with E-state index >= 15 is 0 Å². The zero-order chi connectivity index (χ0) is 22.0. The van der Waals surface area contributed by atoms with Gasteiger partial charge in [0.25, 0.3) is 5.91 Å². The van der Waals surface area contributed by atoms with Gasteiger partial charge in [-0.25, -0.2) is 9.18 Å². The van der Waals surface area contributed by atoms with Crippen molar-refractivity contribution in [2.45, 2.75) is 19.4 Å².